The van der Waals surface area contributed by atoms with Gasteiger partial charge < -0.3 is 44.3 Å². The van der Waals surface area contributed by atoms with Crippen molar-refractivity contribution in [3.05, 3.63) is 23.3 Å². The van der Waals surface area contributed by atoms with Gasteiger partial charge in [-0.1, -0.05) is 45.4 Å². The van der Waals surface area contributed by atoms with Crippen molar-refractivity contribution < 1.29 is 58.6 Å². The maximum absolute atomic E-state index is 14.2. The number of rotatable bonds is 5. The molecule has 312 valence electrons. The fourth-order valence-electron chi connectivity index (χ4n) is 9.17. The second-order valence-corrected chi connectivity index (χ2v) is 16.9. The molecule has 4 rings (SSSR count). The number of carbonyl (C=O) groups is 4. The maximum Gasteiger partial charge on any atom is 0.329 e. The molecule has 0 radical (unpaired) electrons. The molecule has 2 saturated heterocycles. The number of hydrogen-bond donors (Lipinski definition) is 4. The molecule has 1 aliphatic carbocycles. The zero-order valence-corrected chi connectivity index (χ0v) is 34.1. The highest BCUT2D eigenvalue weighted by molar-refractivity contribution is 6.39. The molecule has 0 aromatic heterocycles. The van der Waals surface area contributed by atoms with Crippen LogP contribution in [0.3, 0.4) is 0 Å². The van der Waals surface area contributed by atoms with Gasteiger partial charge in [-0.3, -0.25) is 14.4 Å². The SMILES string of the molecule is CCC1C=C(C)CC(C)CC(OC)C(O)C2CC(C)C(O)(O2)C(=O)C(=O)N2CCCCC2C(=O)OC(C(C)=CC2CCC(O)C(OC)C2)C(C)C(O)CC1=O. The third-order valence-electron chi connectivity index (χ3n) is 12.6. The molecule has 0 aromatic carbocycles. The minimum absolute atomic E-state index is 0.00613. The summed E-state index contributed by atoms with van der Waals surface area (Å²) in [6.07, 6.45) is 2.46. The first-order chi connectivity index (χ1) is 25.9. The normalized spacial score (nSPS) is 41.2. The van der Waals surface area contributed by atoms with E-state index in [0.29, 0.717) is 56.9 Å². The number of piperidine rings is 1. The minimum atomic E-state index is -2.52. The van der Waals surface area contributed by atoms with Gasteiger partial charge in [0.05, 0.1) is 30.5 Å². The van der Waals surface area contributed by atoms with Gasteiger partial charge in [0.15, 0.2) is 0 Å². The van der Waals surface area contributed by atoms with Crippen molar-refractivity contribution >= 4 is 23.4 Å². The Morgan fingerprint density at radius 2 is 1.64 bits per heavy atom. The Kier molecular flexibility index (Phi) is 16.2. The van der Waals surface area contributed by atoms with Gasteiger partial charge in [0.2, 0.25) is 5.79 Å². The van der Waals surface area contributed by atoms with Crippen molar-refractivity contribution in [1.29, 1.82) is 0 Å². The monoisotopic (exact) mass is 777 g/mol. The van der Waals surface area contributed by atoms with Gasteiger partial charge in [-0.25, -0.2) is 4.79 Å². The molecule has 1 amide bonds. The predicted molar refractivity (Wildman–Crippen MR) is 203 cm³/mol. The number of esters is 1. The Bertz CT molecular complexity index is 1410. The van der Waals surface area contributed by atoms with Crippen LogP contribution in [0.1, 0.15) is 112 Å². The number of ether oxygens (including phenoxy) is 4. The van der Waals surface area contributed by atoms with Gasteiger partial charge in [-0.15, -0.1) is 0 Å². The molecule has 13 nitrogen and oxygen atoms in total. The van der Waals surface area contributed by atoms with E-state index in [9.17, 15) is 39.6 Å². The highest BCUT2D eigenvalue weighted by atomic mass is 16.7. The van der Waals surface area contributed by atoms with Crippen LogP contribution in [0.15, 0.2) is 23.3 Å². The summed E-state index contributed by atoms with van der Waals surface area (Å²) in [6, 6.07) is -1.15. The summed E-state index contributed by atoms with van der Waals surface area (Å²) in [7, 11) is 3.03. The smallest absolute Gasteiger partial charge is 0.329 e. The van der Waals surface area contributed by atoms with Gasteiger partial charge in [0.1, 0.15) is 24.0 Å². The number of nitrogens with zero attached hydrogens (tertiary/aromatic N) is 1. The lowest BCUT2D eigenvalue weighted by Gasteiger charge is -2.38. The van der Waals surface area contributed by atoms with E-state index in [-0.39, 0.29) is 49.5 Å². The van der Waals surface area contributed by atoms with E-state index in [0.717, 1.165) is 10.5 Å². The van der Waals surface area contributed by atoms with E-state index in [1.807, 2.05) is 39.8 Å². The summed E-state index contributed by atoms with van der Waals surface area (Å²) in [5.41, 5.74) is 1.63. The molecule has 14 unspecified atom stereocenters. The van der Waals surface area contributed by atoms with Crippen LogP contribution in [0, 0.1) is 29.6 Å². The molecule has 13 heteroatoms. The van der Waals surface area contributed by atoms with Crippen molar-refractivity contribution in [1.82, 2.24) is 4.90 Å². The predicted octanol–water partition coefficient (Wildman–Crippen LogP) is 3.82. The number of aliphatic hydroxyl groups is 4. The number of cyclic esters (lactones) is 1. The zero-order valence-electron chi connectivity index (χ0n) is 34.1. The van der Waals surface area contributed by atoms with Crippen LogP contribution in [0.4, 0.5) is 0 Å². The lowest BCUT2D eigenvalue weighted by atomic mass is 9.81. The summed E-state index contributed by atoms with van der Waals surface area (Å²) in [6.45, 7) is 11.1. The van der Waals surface area contributed by atoms with E-state index in [2.05, 4.69) is 0 Å². The van der Waals surface area contributed by atoms with E-state index >= 15 is 0 Å². The van der Waals surface area contributed by atoms with E-state index in [1.165, 1.54) is 7.11 Å². The van der Waals surface area contributed by atoms with Crippen LogP contribution < -0.4 is 0 Å². The van der Waals surface area contributed by atoms with Crippen LogP contribution >= 0.6 is 0 Å². The molecule has 3 heterocycles. The topological polar surface area (TPSA) is 189 Å². The average molecular weight is 778 g/mol. The first kappa shape index (κ1) is 45.2. The molecule has 3 aliphatic heterocycles. The standard InChI is InChI=1S/C42H67NO12/c1-9-29-17-23(2)16-24(3)18-35(53-8)37(47)36-20-26(5)42(51,55-36)39(48)40(49)43-15-11-10-12-30(43)41(50)54-38(27(6)32(45)22-33(29)46)25(4)19-28-13-14-31(44)34(21-28)52-7/h17,19,24,26-32,34-38,44-45,47,51H,9-16,18,20-22H2,1-8H3. The highest BCUT2D eigenvalue weighted by Gasteiger charge is 2.57. The van der Waals surface area contributed by atoms with Gasteiger partial charge in [-0.2, -0.15) is 0 Å². The Morgan fingerprint density at radius 3 is 2.29 bits per heavy atom. The Hall–Kier alpha value is -2.52. The largest absolute Gasteiger partial charge is 0.456 e. The number of fused-ring (bicyclic) bond motifs is 3. The Balaban J connectivity index is 1.73. The highest BCUT2D eigenvalue weighted by Crippen LogP contribution is 2.39. The van der Waals surface area contributed by atoms with Gasteiger partial charge >= 0.3 is 5.97 Å². The Labute approximate surface area is 326 Å². The molecule has 2 bridgehead atoms. The third-order valence-corrected chi connectivity index (χ3v) is 12.6. The Morgan fingerprint density at radius 1 is 0.945 bits per heavy atom. The number of hydrogen-bond acceptors (Lipinski definition) is 12. The van der Waals surface area contributed by atoms with Crippen molar-refractivity contribution in [2.24, 2.45) is 29.6 Å². The fourth-order valence-corrected chi connectivity index (χ4v) is 9.17. The molecule has 4 aliphatic rings. The molecular formula is C42H67NO12. The van der Waals surface area contributed by atoms with Crippen LogP contribution in [0.2, 0.25) is 0 Å². The number of aliphatic hydroxyl groups excluding tert-OH is 3. The molecule has 0 spiro atoms. The molecule has 3 fully saturated rings. The number of Topliss-reactive ketones (excluding diaryl/α,β-unsaturated/α-hetero) is 2. The van der Waals surface area contributed by atoms with Crippen LogP contribution in [-0.2, 0) is 38.1 Å². The first-order valence-electron chi connectivity index (χ1n) is 20.4. The van der Waals surface area contributed by atoms with Crippen molar-refractivity contribution in [2.45, 2.75) is 167 Å². The van der Waals surface area contributed by atoms with Crippen LogP contribution in [0.25, 0.3) is 0 Å². The second-order valence-electron chi connectivity index (χ2n) is 16.9. The molecule has 55 heavy (non-hydrogen) atoms. The van der Waals surface area contributed by atoms with E-state index in [4.69, 9.17) is 18.9 Å². The van der Waals surface area contributed by atoms with Crippen molar-refractivity contribution in [2.75, 3.05) is 20.8 Å². The second kappa shape index (κ2) is 19.8. The van der Waals surface area contributed by atoms with Crippen molar-refractivity contribution in [3.8, 4) is 0 Å². The number of methoxy groups -OCH3 is 2. The van der Waals surface area contributed by atoms with Crippen molar-refractivity contribution in [3.63, 3.8) is 0 Å². The lowest BCUT2D eigenvalue weighted by Crippen LogP contribution is -2.57. The summed E-state index contributed by atoms with van der Waals surface area (Å²) >= 11 is 0. The zero-order chi connectivity index (χ0) is 40.8. The van der Waals surface area contributed by atoms with Gasteiger partial charge in [0.25, 0.3) is 11.7 Å². The lowest BCUT2D eigenvalue weighted by molar-refractivity contribution is -0.225. The van der Waals surface area contributed by atoms with E-state index in [1.54, 1.807) is 21.0 Å². The van der Waals surface area contributed by atoms with E-state index < -0.39 is 83.9 Å². The third kappa shape index (κ3) is 10.7. The summed E-state index contributed by atoms with van der Waals surface area (Å²) in [5, 5.41) is 45.1. The van der Waals surface area contributed by atoms with Gasteiger partial charge in [-0.05, 0) is 95.5 Å². The van der Waals surface area contributed by atoms with Gasteiger partial charge in [0, 0.05) is 44.9 Å². The molecule has 1 saturated carbocycles. The quantitative estimate of drug-likeness (QED) is 0.180. The summed E-state index contributed by atoms with van der Waals surface area (Å²) < 4.78 is 23.3. The average Bonchev–Trinajstić information content (AvgIpc) is 3.47. The number of ketones is 2. The summed E-state index contributed by atoms with van der Waals surface area (Å²) in [4.78, 5) is 56.9. The van der Waals surface area contributed by atoms with Crippen LogP contribution in [-0.4, -0.2) is 124 Å². The van der Waals surface area contributed by atoms with Crippen LogP contribution in [0.5, 0.6) is 0 Å². The molecule has 0 aromatic rings. The number of carbonyl (C=O) groups excluding carboxylic acids is 4. The number of allylic oxidation sites excluding steroid dienone is 3. The molecule has 14 atom stereocenters. The minimum Gasteiger partial charge on any atom is -0.456 e. The maximum atomic E-state index is 14.2. The molecular weight excluding hydrogens is 710 g/mol. The first-order valence-corrected chi connectivity index (χ1v) is 20.4. The number of amides is 1. The fraction of sp³-hybridized carbons (Fsp3) is 0.810. The summed E-state index contributed by atoms with van der Waals surface area (Å²) in [5.74, 6) is -7.73. The molecule has 4 N–H and O–H groups in total.